The zero-order valence-electron chi connectivity index (χ0n) is 16.9. The number of carbonyl (C=O) groups is 1. The molecule has 0 aliphatic heterocycles. The van der Waals surface area contributed by atoms with E-state index in [-0.39, 0.29) is 5.91 Å². The van der Waals surface area contributed by atoms with Gasteiger partial charge in [-0.3, -0.25) is 4.79 Å². The van der Waals surface area contributed by atoms with Crippen LogP contribution >= 0.6 is 0 Å². The Morgan fingerprint density at radius 2 is 1.76 bits per heavy atom. The largest absolute Gasteiger partial charge is 0.493 e. The van der Waals surface area contributed by atoms with Crippen LogP contribution in [0.2, 0.25) is 0 Å². The average molecular weight is 391 g/mol. The van der Waals surface area contributed by atoms with Gasteiger partial charge < -0.3 is 19.7 Å². The molecule has 0 radical (unpaired) electrons. The second kappa shape index (κ2) is 9.59. The molecule has 0 aliphatic rings. The van der Waals surface area contributed by atoms with Crippen molar-refractivity contribution in [1.82, 2.24) is 4.98 Å². The van der Waals surface area contributed by atoms with Crippen LogP contribution in [-0.2, 0) is 6.42 Å². The predicted molar refractivity (Wildman–Crippen MR) is 115 cm³/mol. The van der Waals surface area contributed by atoms with Gasteiger partial charge in [0.15, 0.2) is 11.5 Å². The van der Waals surface area contributed by atoms with Gasteiger partial charge in [-0.2, -0.15) is 0 Å². The van der Waals surface area contributed by atoms with Crippen molar-refractivity contribution in [3.8, 4) is 11.5 Å². The van der Waals surface area contributed by atoms with Gasteiger partial charge in [0.2, 0.25) is 0 Å². The number of benzene rings is 2. The molecule has 0 saturated carbocycles. The van der Waals surface area contributed by atoms with Crippen molar-refractivity contribution in [1.29, 1.82) is 0 Å². The SMILES string of the molecule is COc1ccc(CCNc2ccc(C(=O)N(C)c3ccccc3)cn2)cc1OC. The van der Waals surface area contributed by atoms with Crippen LogP contribution < -0.4 is 19.7 Å². The fourth-order valence-corrected chi connectivity index (χ4v) is 2.96. The zero-order chi connectivity index (χ0) is 20.6. The lowest BCUT2D eigenvalue weighted by Gasteiger charge is -2.17. The van der Waals surface area contributed by atoms with Crippen molar-refractivity contribution >= 4 is 17.4 Å². The number of anilines is 2. The minimum absolute atomic E-state index is 0.0967. The first kappa shape index (κ1) is 20.2. The smallest absolute Gasteiger partial charge is 0.259 e. The highest BCUT2D eigenvalue weighted by molar-refractivity contribution is 6.05. The van der Waals surface area contributed by atoms with Gasteiger partial charge in [-0.1, -0.05) is 24.3 Å². The van der Waals surface area contributed by atoms with E-state index in [1.54, 1.807) is 38.4 Å². The number of ether oxygens (including phenoxy) is 2. The van der Waals surface area contributed by atoms with Crippen molar-refractivity contribution in [2.75, 3.05) is 38.0 Å². The van der Waals surface area contributed by atoms with E-state index in [1.807, 2.05) is 54.6 Å². The molecule has 1 amide bonds. The van der Waals surface area contributed by atoms with Crippen LogP contribution in [0.1, 0.15) is 15.9 Å². The normalized spacial score (nSPS) is 10.3. The second-order valence-electron chi connectivity index (χ2n) is 6.50. The highest BCUT2D eigenvalue weighted by Gasteiger charge is 2.13. The molecular weight excluding hydrogens is 366 g/mol. The lowest BCUT2D eigenvalue weighted by atomic mass is 10.1. The molecule has 150 valence electrons. The van der Waals surface area contributed by atoms with E-state index in [1.165, 1.54) is 0 Å². The molecule has 3 aromatic rings. The van der Waals surface area contributed by atoms with Crippen LogP contribution in [0.5, 0.6) is 11.5 Å². The maximum atomic E-state index is 12.6. The summed E-state index contributed by atoms with van der Waals surface area (Å²) in [6, 6.07) is 19.0. The summed E-state index contributed by atoms with van der Waals surface area (Å²) >= 11 is 0. The number of nitrogens with one attached hydrogen (secondary N) is 1. The first-order valence-electron chi connectivity index (χ1n) is 9.36. The number of para-hydroxylation sites is 1. The van der Waals surface area contributed by atoms with E-state index < -0.39 is 0 Å². The monoisotopic (exact) mass is 391 g/mol. The molecule has 6 nitrogen and oxygen atoms in total. The van der Waals surface area contributed by atoms with E-state index in [0.29, 0.717) is 23.6 Å². The maximum absolute atomic E-state index is 12.6. The molecule has 0 unspecified atom stereocenters. The lowest BCUT2D eigenvalue weighted by molar-refractivity contribution is 0.0992. The zero-order valence-corrected chi connectivity index (χ0v) is 16.9. The molecular formula is C23H25N3O3. The van der Waals surface area contributed by atoms with Gasteiger partial charge >= 0.3 is 0 Å². The number of rotatable bonds is 8. The summed E-state index contributed by atoms with van der Waals surface area (Å²) in [4.78, 5) is 18.6. The number of carbonyl (C=O) groups excluding carboxylic acids is 1. The Hall–Kier alpha value is -3.54. The fraction of sp³-hybridized carbons (Fsp3) is 0.217. The van der Waals surface area contributed by atoms with Gasteiger partial charge in [0.1, 0.15) is 5.82 Å². The van der Waals surface area contributed by atoms with Crippen LogP contribution in [0.4, 0.5) is 11.5 Å². The van der Waals surface area contributed by atoms with Gasteiger partial charge in [-0.15, -0.1) is 0 Å². The minimum Gasteiger partial charge on any atom is -0.493 e. The van der Waals surface area contributed by atoms with Crippen molar-refractivity contribution in [2.24, 2.45) is 0 Å². The fourth-order valence-electron chi connectivity index (χ4n) is 2.96. The molecule has 29 heavy (non-hydrogen) atoms. The lowest BCUT2D eigenvalue weighted by Crippen LogP contribution is -2.26. The van der Waals surface area contributed by atoms with Gasteiger partial charge in [0, 0.05) is 25.5 Å². The molecule has 1 N–H and O–H groups in total. The quantitative estimate of drug-likeness (QED) is 0.628. The van der Waals surface area contributed by atoms with Crippen molar-refractivity contribution < 1.29 is 14.3 Å². The number of amides is 1. The van der Waals surface area contributed by atoms with E-state index in [9.17, 15) is 4.79 Å². The Kier molecular flexibility index (Phi) is 6.68. The van der Waals surface area contributed by atoms with Gasteiger partial charge in [-0.25, -0.2) is 4.98 Å². The summed E-state index contributed by atoms with van der Waals surface area (Å²) in [5, 5.41) is 3.28. The molecule has 0 saturated heterocycles. The van der Waals surface area contributed by atoms with Gasteiger partial charge in [0.05, 0.1) is 19.8 Å². The summed E-state index contributed by atoms with van der Waals surface area (Å²) < 4.78 is 10.6. The first-order valence-corrected chi connectivity index (χ1v) is 9.36. The summed E-state index contributed by atoms with van der Waals surface area (Å²) in [5.74, 6) is 2.06. The molecule has 1 aromatic heterocycles. The Morgan fingerprint density at radius 3 is 2.41 bits per heavy atom. The molecule has 1 heterocycles. The van der Waals surface area contributed by atoms with Crippen LogP contribution in [0.15, 0.2) is 66.9 Å². The van der Waals surface area contributed by atoms with Crippen LogP contribution in [-0.4, -0.2) is 38.7 Å². The van der Waals surface area contributed by atoms with Gasteiger partial charge in [0.25, 0.3) is 5.91 Å². The Bertz CT molecular complexity index is 943. The summed E-state index contributed by atoms with van der Waals surface area (Å²) in [6.45, 7) is 0.708. The summed E-state index contributed by atoms with van der Waals surface area (Å²) in [5.41, 5.74) is 2.52. The van der Waals surface area contributed by atoms with E-state index >= 15 is 0 Å². The standard InChI is InChI=1S/C23H25N3O3/c1-26(19-7-5-4-6-8-19)23(27)18-10-12-22(25-16-18)24-14-13-17-9-11-20(28-2)21(15-17)29-3/h4-12,15-16H,13-14H2,1-3H3,(H,24,25). The third-order valence-corrected chi connectivity index (χ3v) is 4.63. The summed E-state index contributed by atoms with van der Waals surface area (Å²) in [6.07, 6.45) is 2.40. The highest BCUT2D eigenvalue weighted by Crippen LogP contribution is 2.27. The number of hydrogen-bond acceptors (Lipinski definition) is 5. The maximum Gasteiger partial charge on any atom is 0.259 e. The molecule has 0 atom stereocenters. The average Bonchev–Trinajstić information content (AvgIpc) is 2.79. The molecule has 0 fully saturated rings. The van der Waals surface area contributed by atoms with Crippen LogP contribution in [0.3, 0.4) is 0 Å². The topological polar surface area (TPSA) is 63.7 Å². The van der Waals surface area contributed by atoms with Crippen molar-refractivity contribution in [2.45, 2.75) is 6.42 Å². The van der Waals surface area contributed by atoms with Crippen LogP contribution in [0.25, 0.3) is 0 Å². The minimum atomic E-state index is -0.0967. The molecule has 0 aliphatic carbocycles. The molecule has 0 spiro atoms. The number of aromatic nitrogens is 1. The number of nitrogens with zero attached hydrogens (tertiary/aromatic N) is 2. The third kappa shape index (κ3) is 5.04. The molecule has 2 aromatic carbocycles. The van der Waals surface area contributed by atoms with Crippen molar-refractivity contribution in [3.05, 3.63) is 78.0 Å². The number of pyridine rings is 1. The predicted octanol–water partition coefficient (Wildman–Crippen LogP) is 4.03. The molecule has 6 heteroatoms. The van der Waals surface area contributed by atoms with E-state index in [0.717, 1.165) is 23.5 Å². The number of hydrogen-bond donors (Lipinski definition) is 1. The van der Waals surface area contributed by atoms with E-state index in [2.05, 4.69) is 10.3 Å². The van der Waals surface area contributed by atoms with Gasteiger partial charge in [-0.05, 0) is 48.4 Å². The van der Waals surface area contributed by atoms with Crippen molar-refractivity contribution in [3.63, 3.8) is 0 Å². The Balaban J connectivity index is 1.56. The van der Waals surface area contributed by atoms with E-state index in [4.69, 9.17) is 9.47 Å². The second-order valence-corrected chi connectivity index (χ2v) is 6.50. The Morgan fingerprint density at radius 1 is 1.00 bits per heavy atom. The molecule has 3 rings (SSSR count). The number of methoxy groups -OCH3 is 2. The highest BCUT2D eigenvalue weighted by atomic mass is 16.5. The van der Waals surface area contributed by atoms with Crippen LogP contribution in [0, 0.1) is 0 Å². The Labute approximate surface area is 171 Å². The first-order chi connectivity index (χ1) is 14.1. The summed E-state index contributed by atoms with van der Waals surface area (Å²) in [7, 11) is 5.01. The third-order valence-electron chi connectivity index (χ3n) is 4.63. The molecule has 0 bridgehead atoms.